The van der Waals surface area contributed by atoms with Crippen molar-refractivity contribution in [3.8, 4) is 16.2 Å². The summed E-state index contributed by atoms with van der Waals surface area (Å²) in [5, 5.41) is 9.02. The topological polar surface area (TPSA) is 66.8 Å². The highest BCUT2D eigenvalue weighted by atomic mass is 32.1. The van der Waals surface area contributed by atoms with E-state index in [4.69, 9.17) is 5.11 Å². The van der Waals surface area contributed by atoms with Crippen LogP contribution in [0.25, 0.3) is 10.4 Å². The van der Waals surface area contributed by atoms with Gasteiger partial charge >= 0.3 is 12.3 Å². The van der Waals surface area contributed by atoms with Gasteiger partial charge in [-0.25, -0.2) is 0 Å². The molecule has 1 aromatic heterocycles. The van der Waals surface area contributed by atoms with Crippen LogP contribution in [-0.4, -0.2) is 41.3 Å². The van der Waals surface area contributed by atoms with E-state index in [0.717, 1.165) is 4.88 Å². The van der Waals surface area contributed by atoms with Gasteiger partial charge in [-0.3, -0.25) is 9.59 Å². The molecule has 0 atom stereocenters. The van der Waals surface area contributed by atoms with E-state index in [-0.39, 0.29) is 11.7 Å². The summed E-state index contributed by atoms with van der Waals surface area (Å²) in [7, 11) is 0. The van der Waals surface area contributed by atoms with E-state index >= 15 is 0 Å². The molecule has 1 saturated heterocycles. The molecule has 1 amide bonds. The van der Waals surface area contributed by atoms with Crippen LogP contribution >= 0.6 is 11.3 Å². The number of piperidine rings is 1. The molecule has 9 heteroatoms. The van der Waals surface area contributed by atoms with Gasteiger partial charge in [-0.2, -0.15) is 0 Å². The van der Waals surface area contributed by atoms with E-state index in [1.165, 1.54) is 35.6 Å². The van der Waals surface area contributed by atoms with Crippen molar-refractivity contribution in [2.75, 3.05) is 13.1 Å². The van der Waals surface area contributed by atoms with Gasteiger partial charge in [0.1, 0.15) is 5.75 Å². The molecule has 1 N–H and O–H groups in total. The van der Waals surface area contributed by atoms with E-state index in [1.54, 1.807) is 17.0 Å². The van der Waals surface area contributed by atoms with Crippen molar-refractivity contribution >= 4 is 23.2 Å². The van der Waals surface area contributed by atoms with Gasteiger partial charge in [0.05, 0.1) is 10.8 Å². The number of carbonyl (C=O) groups is 2. The van der Waals surface area contributed by atoms with Crippen molar-refractivity contribution < 1.29 is 32.6 Å². The quantitative estimate of drug-likeness (QED) is 0.835. The van der Waals surface area contributed by atoms with Gasteiger partial charge in [0.2, 0.25) is 0 Å². The van der Waals surface area contributed by atoms with Crippen molar-refractivity contribution in [1.82, 2.24) is 4.90 Å². The molecule has 0 unspecified atom stereocenters. The highest BCUT2D eigenvalue weighted by molar-refractivity contribution is 7.17. The number of aliphatic carboxylic acids is 1. The number of nitrogens with zero attached hydrogens (tertiary/aromatic N) is 1. The number of carboxylic acids is 1. The zero-order valence-electron chi connectivity index (χ0n) is 14.0. The molecule has 1 aliphatic heterocycles. The van der Waals surface area contributed by atoms with Crippen molar-refractivity contribution in [1.29, 1.82) is 0 Å². The van der Waals surface area contributed by atoms with Crippen LogP contribution < -0.4 is 4.74 Å². The molecule has 0 saturated carbocycles. The molecule has 27 heavy (non-hydrogen) atoms. The molecule has 1 aromatic carbocycles. The third-order valence-electron chi connectivity index (χ3n) is 4.32. The molecule has 144 valence electrons. The summed E-state index contributed by atoms with van der Waals surface area (Å²) in [6.07, 6.45) is -3.88. The van der Waals surface area contributed by atoms with Crippen LogP contribution in [0.4, 0.5) is 13.2 Å². The Morgan fingerprint density at radius 3 is 2.26 bits per heavy atom. The monoisotopic (exact) mass is 399 g/mol. The number of benzene rings is 1. The lowest BCUT2D eigenvalue weighted by Gasteiger charge is -2.29. The molecule has 0 aliphatic carbocycles. The molecule has 3 rings (SSSR count). The highest BCUT2D eigenvalue weighted by Gasteiger charge is 2.31. The number of likely N-dealkylation sites (tertiary alicyclic amines) is 1. The molecule has 2 aromatic rings. The van der Waals surface area contributed by atoms with Crippen LogP contribution in [0, 0.1) is 5.92 Å². The maximum Gasteiger partial charge on any atom is 0.573 e. The van der Waals surface area contributed by atoms with Gasteiger partial charge in [-0.05, 0) is 54.8 Å². The van der Waals surface area contributed by atoms with E-state index in [9.17, 15) is 22.8 Å². The Bertz CT molecular complexity index is 824. The largest absolute Gasteiger partial charge is 0.573 e. The summed E-state index contributed by atoms with van der Waals surface area (Å²) in [4.78, 5) is 26.5. The Morgan fingerprint density at radius 2 is 1.70 bits per heavy atom. The first-order chi connectivity index (χ1) is 12.7. The fourth-order valence-corrected chi connectivity index (χ4v) is 3.89. The Hall–Kier alpha value is -2.55. The second-order valence-corrected chi connectivity index (χ2v) is 7.22. The molecule has 2 heterocycles. The second kappa shape index (κ2) is 7.59. The molecule has 5 nitrogen and oxygen atoms in total. The summed E-state index contributed by atoms with van der Waals surface area (Å²) in [6, 6.07) is 8.85. The summed E-state index contributed by atoms with van der Waals surface area (Å²) in [5.41, 5.74) is 0.679. The molecular weight excluding hydrogens is 383 g/mol. The molecule has 0 bridgehead atoms. The minimum Gasteiger partial charge on any atom is -0.481 e. The zero-order valence-corrected chi connectivity index (χ0v) is 14.8. The molecule has 1 aliphatic rings. The molecule has 0 radical (unpaired) electrons. The molecule has 0 spiro atoms. The van der Waals surface area contributed by atoms with E-state index in [2.05, 4.69) is 4.74 Å². The minimum absolute atomic E-state index is 0.160. The summed E-state index contributed by atoms with van der Waals surface area (Å²) in [5.74, 6) is -1.71. The first-order valence-corrected chi connectivity index (χ1v) is 9.03. The van der Waals surface area contributed by atoms with Crippen molar-refractivity contribution in [2.45, 2.75) is 19.2 Å². The van der Waals surface area contributed by atoms with Gasteiger partial charge in [-0.1, -0.05) is 0 Å². The number of hydrogen-bond donors (Lipinski definition) is 1. The van der Waals surface area contributed by atoms with Crippen LogP contribution in [0.3, 0.4) is 0 Å². The maximum absolute atomic E-state index is 12.6. The Balaban J connectivity index is 1.66. The van der Waals surface area contributed by atoms with Crippen molar-refractivity contribution in [3.05, 3.63) is 41.3 Å². The number of carboxylic acid groups (broad SMARTS) is 1. The van der Waals surface area contributed by atoms with E-state index < -0.39 is 18.2 Å². The Morgan fingerprint density at radius 1 is 1.07 bits per heavy atom. The van der Waals surface area contributed by atoms with Crippen LogP contribution in [0.2, 0.25) is 0 Å². The molecular formula is C18H16F3NO4S. The Kier molecular flexibility index (Phi) is 5.41. The van der Waals surface area contributed by atoms with Crippen LogP contribution in [-0.2, 0) is 4.79 Å². The van der Waals surface area contributed by atoms with Gasteiger partial charge in [0.15, 0.2) is 0 Å². The number of hydrogen-bond acceptors (Lipinski definition) is 4. The first-order valence-electron chi connectivity index (χ1n) is 8.21. The van der Waals surface area contributed by atoms with Gasteiger partial charge in [-0.15, -0.1) is 24.5 Å². The second-order valence-electron chi connectivity index (χ2n) is 6.14. The van der Waals surface area contributed by atoms with Gasteiger partial charge in [0.25, 0.3) is 5.91 Å². The smallest absolute Gasteiger partial charge is 0.481 e. The molecule has 1 fully saturated rings. The predicted octanol–water partition coefficient (Wildman–Crippen LogP) is 4.25. The average Bonchev–Trinajstić information content (AvgIpc) is 3.10. The number of thiophene rings is 1. The standard InChI is InChI=1S/C18H16F3NO4S/c19-18(20,21)26-13-3-1-11(2-4-13)14-5-6-15(27-14)16(23)22-9-7-12(8-10-22)17(24)25/h1-6,12H,7-10H2,(H,24,25). The minimum atomic E-state index is -4.74. The third-order valence-corrected chi connectivity index (χ3v) is 5.44. The normalized spacial score (nSPS) is 15.6. The van der Waals surface area contributed by atoms with Crippen molar-refractivity contribution in [2.24, 2.45) is 5.92 Å². The Labute approximate surface area is 157 Å². The lowest BCUT2D eigenvalue weighted by Crippen LogP contribution is -2.39. The van der Waals surface area contributed by atoms with Gasteiger partial charge in [0, 0.05) is 18.0 Å². The summed E-state index contributed by atoms with van der Waals surface area (Å²) in [6.45, 7) is 0.791. The number of rotatable bonds is 4. The number of halogens is 3. The SMILES string of the molecule is O=C(O)C1CCN(C(=O)c2ccc(-c3ccc(OC(F)(F)F)cc3)s2)CC1. The lowest BCUT2D eigenvalue weighted by molar-refractivity contribution is -0.274. The number of amides is 1. The zero-order chi connectivity index (χ0) is 19.6. The third kappa shape index (κ3) is 4.79. The first kappa shape index (κ1) is 19.2. The van der Waals surface area contributed by atoms with Gasteiger partial charge < -0.3 is 14.7 Å². The predicted molar refractivity (Wildman–Crippen MR) is 92.7 cm³/mol. The van der Waals surface area contributed by atoms with Crippen molar-refractivity contribution in [3.63, 3.8) is 0 Å². The fraction of sp³-hybridized carbons (Fsp3) is 0.333. The number of carbonyl (C=O) groups excluding carboxylic acids is 1. The highest BCUT2D eigenvalue weighted by Crippen LogP contribution is 2.32. The number of alkyl halides is 3. The fourth-order valence-electron chi connectivity index (χ4n) is 2.91. The van der Waals surface area contributed by atoms with E-state index in [0.29, 0.717) is 36.4 Å². The number of ether oxygens (including phenoxy) is 1. The summed E-state index contributed by atoms with van der Waals surface area (Å²) >= 11 is 1.24. The summed E-state index contributed by atoms with van der Waals surface area (Å²) < 4.78 is 40.5. The maximum atomic E-state index is 12.6. The van der Waals surface area contributed by atoms with Crippen LogP contribution in [0.15, 0.2) is 36.4 Å². The lowest BCUT2D eigenvalue weighted by atomic mass is 9.97. The van der Waals surface area contributed by atoms with E-state index in [1.807, 2.05) is 0 Å². The van der Waals surface area contributed by atoms with Crippen LogP contribution in [0.5, 0.6) is 5.75 Å². The van der Waals surface area contributed by atoms with Crippen LogP contribution in [0.1, 0.15) is 22.5 Å². The average molecular weight is 399 g/mol.